The van der Waals surface area contributed by atoms with Crippen molar-refractivity contribution in [2.45, 2.75) is 103 Å². The standard InChI is InChI=1S/C44H60O6Si/c1-42(2,3)51(37-14-10-8-11-15-37,38-16-12-9-13-17-38)50-25-24-43(4)28-34(45)29-44(5)39-27-36(48-30-32-18-21-35(47-7)22-19-32)23-20-33(39)26-40(41(43)44)49-31-46-6/h8-19,21-22,33,36,39-41H,20,23-31H2,1-7H3/t33-,36+,39+,40+,41+,43+,44-/m0/s1. The first-order valence-corrected chi connectivity index (χ1v) is 21.0. The van der Waals surface area contributed by atoms with Crippen molar-refractivity contribution in [1.29, 1.82) is 0 Å². The van der Waals surface area contributed by atoms with Gasteiger partial charge in [0.1, 0.15) is 18.3 Å². The highest BCUT2D eigenvalue weighted by atomic mass is 28.4. The van der Waals surface area contributed by atoms with Crippen molar-refractivity contribution in [3.05, 3.63) is 90.5 Å². The van der Waals surface area contributed by atoms with E-state index >= 15 is 0 Å². The van der Waals surface area contributed by atoms with Gasteiger partial charge in [0.2, 0.25) is 0 Å². The van der Waals surface area contributed by atoms with Gasteiger partial charge in [-0.25, -0.2) is 0 Å². The van der Waals surface area contributed by atoms with E-state index in [1.54, 1.807) is 14.2 Å². The van der Waals surface area contributed by atoms with E-state index in [2.05, 4.69) is 107 Å². The Hall–Kier alpha value is -2.81. The van der Waals surface area contributed by atoms with E-state index in [-0.39, 0.29) is 40.8 Å². The number of ether oxygens (including phenoxy) is 4. The molecule has 3 fully saturated rings. The maximum absolute atomic E-state index is 14.0. The van der Waals surface area contributed by atoms with Gasteiger partial charge in [-0.15, -0.1) is 0 Å². The molecule has 0 N–H and O–H groups in total. The molecule has 0 radical (unpaired) electrons. The third kappa shape index (κ3) is 7.66. The summed E-state index contributed by atoms with van der Waals surface area (Å²) in [5.74, 6) is 2.31. The van der Waals surface area contributed by atoms with Crippen molar-refractivity contribution in [2.24, 2.45) is 28.6 Å². The molecule has 3 saturated carbocycles. The Labute approximate surface area is 307 Å². The molecular weight excluding hydrogens is 653 g/mol. The van der Waals surface area contributed by atoms with Crippen molar-refractivity contribution in [3.8, 4) is 5.75 Å². The van der Waals surface area contributed by atoms with Crippen molar-refractivity contribution < 1.29 is 28.2 Å². The maximum atomic E-state index is 14.0. The van der Waals surface area contributed by atoms with Gasteiger partial charge in [-0.3, -0.25) is 4.79 Å². The third-order valence-corrected chi connectivity index (χ3v) is 17.8. The first-order chi connectivity index (χ1) is 24.4. The van der Waals surface area contributed by atoms with Crippen LogP contribution in [0, 0.1) is 28.6 Å². The van der Waals surface area contributed by atoms with Gasteiger partial charge in [0.15, 0.2) is 0 Å². The second kappa shape index (κ2) is 15.7. The Morgan fingerprint density at radius 2 is 1.45 bits per heavy atom. The highest BCUT2D eigenvalue weighted by molar-refractivity contribution is 6.99. The molecule has 7 heteroatoms. The molecule has 51 heavy (non-hydrogen) atoms. The summed E-state index contributed by atoms with van der Waals surface area (Å²) in [4.78, 5) is 14.0. The van der Waals surface area contributed by atoms with Crippen LogP contribution in [-0.4, -0.2) is 53.9 Å². The first kappa shape index (κ1) is 37.9. The van der Waals surface area contributed by atoms with Crippen LogP contribution in [0.4, 0.5) is 0 Å². The van der Waals surface area contributed by atoms with Gasteiger partial charge in [-0.05, 0) is 93.8 Å². The molecule has 0 amide bonds. The average Bonchev–Trinajstić information content (AvgIpc) is 3.11. The molecule has 3 aliphatic carbocycles. The van der Waals surface area contributed by atoms with E-state index in [4.69, 9.17) is 23.4 Å². The Morgan fingerprint density at radius 1 is 0.804 bits per heavy atom. The Kier molecular flexibility index (Phi) is 11.6. The highest BCUT2D eigenvalue weighted by Gasteiger charge is 2.63. The number of methoxy groups -OCH3 is 2. The Balaban J connectivity index is 1.27. The first-order valence-electron chi connectivity index (χ1n) is 19.1. The van der Waals surface area contributed by atoms with Crippen molar-refractivity contribution in [3.63, 3.8) is 0 Å². The van der Waals surface area contributed by atoms with Gasteiger partial charge >= 0.3 is 0 Å². The summed E-state index contributed by atoms with van der Waals surface area (Å²) >= 11 is 0. The normalized spacial score (nSPS) is 29.6. The maximum Gasteiger partial charge on any atom is 0.261 e. The van der Waals surface area contributed by atoms with Crippen molar-refractivity contribution in [1.82, 2.24) is 0 Å². The number of hydrogen-bond donors (Lipinski definition) is 0. The van der Waals surface area contributed by atoms with Crippen molar-refractivity contribution in [2.75, 3.05) is 27.6 Å². The molecule has 7 atom stereocenters. The summed E-state index contributed by atoms with van der Waals surface area (Å²) < 4.78 is 31.5. The molecule has 6 rings (SSSR count). The van der Waals surface area contributed by atoms with E-state index in [1.807, 2.05) is 12.1 Å². The fraction of sp³-hybridized carbons (Fsp3) is 0.568. The van der Waals surface area contributed by atoms with Gasteiger partial charge in [0.05, 0.1) is 25.9 Å². The van der Waals surface area contributed by atoms with Gasteiger partial charge < -0.3 is 23.4 Å². The van der Waals surface area contributed by atoms with Crippen LogP contribution in [0.1, 0.15) is 85.1 Å². The summed E-state index contributed by atoms with van der Waals surface area (Å²) in [5, 5.41) is 2.45. The van der Waals surface area contributed by atoms with Crippen LogP contribution >= 0.6 is 0 Å². The molecule has 0 bridgehead atoms. The number of hydrogen-bond acceptors (Lipinski definition) is 6. The largest absolute Gasteiger partial charge is 0.497 e. The number of benzene rings is 3. The number of carbonyl (C=O) groups excluding carboxylic acids is 1. The summed E-state index contributed by atoms with van der Waals surface area (Å²) in [7, 11) is 0.674. The molecule has 0 saturated heterocycles. The zero-order chi connectivity index (χ0) is 36.3. The predicted molar refractivity (Wildman–Crippen MR) is 206 cm³/mol. The van der Waals surface area contributed by atoms with E-state index in [0.29, 0.717) is 43.7 Å². The topological polar surface area (TPSA) is 63.2 Å². The fourth-order valence-corrected chi connectivity index (χ4v) is 15.3. The molecule has 3 aromatic rings. The number of rotatable bonds is 13. The van der Waals surface area contributed by atoms with E-state index in [9.17, 15) is 4.79 Å². The molecule has 0 aromatic heterocycles. The van der Waals surface area contributed by atoms with Gasteiger partial charge in [-0.2, -0.15) is 0 Å². The van der Waals surface area contributed by atoms with Crippen LogP contribution in [0.3, 0.4) is 0 Å². The molecule has 276 valence electrons. The molecule has 0 aliphatic heterocycles. The summed E-state index contributed by atoms with van der Waals surface area (Å²) in [6.45, 7) is 13.2. The lowest BCUT2D eigenvalue weighted by molar-refractivity contribution is -0.218. The molecule has 0 unspecified atom stereocenters. The smallest absolute Gasteiger partial charge is 0.261 e. The summed E-state index contributed by atoms with van der Waals surface area (Å²) in [6.07, 6.45) is 6.25. The minimum absolute atomic E-state index is 0.0268. The van der Waals surface area contributed by atoms with Crippen LogP contribution in [0.15, 0.2) is 84.9 Å². The van der Waals surface area contributed by atoms with Gasteiger partial charge in [-0.1, -0.05) is 107 Å². The lowest BCUT2D eigenvalue weighted by Gasteiger charge is -2.63. The zero-order valence-corrected chi connectivity index (χ0v) is 33.0. The van der Waals surface area contributed by atoms with Crippen LogP contribution in [0.2, 0.25) is 5.04 Å². The number of Topliss-reactive ketones (excluding diaryl/α,β-unsaturated/α-hetero) is 1. The molecular formula is C44H60O6Si. The summed E-state index contributed by atoms with van der Waals surface area (Å²) in [5.41, 5.74) is 0.667. The number of fused-ring (bicyclic) bond motifs is 3. The number of carbonyl (C=O) groups is 1. The second-order valence-corrected chi connectivity index (χ2v) is 21.4. The van der Waals surface area contributed by atoms with Crippen LogP contribution in [-0.2, 0) is 30.0 Å². The minimum Gasteiger partial charge on any atom is -0.497 e. The van der Waals surface area contributed by atoms with Crippen LogP contribution in [0.5, 0.6) is 5.75 Å². The third-order valence-electron chi connectivity index (χ3n) is 12.8. The Morgan fingerprint density at radius 3 is 2.04 bits per heavy atom. The van der Waals surface area contributed by atoms with Crippen LogP contribution in [0.25, 0.3) is 0 Å². The van der Waals surface area contributed by atoms with E-state index < -0.39 is 8.32 Å². The van der Waals surface area contributed by atoms with Crippen molar-refractivity contribution >= 4 is 24.5 Å². The molecule has 0 spiro atoms. The lowest BCUT2D eigenvalue weighted by Crippen LogP contribution is -2.67. The summed E-state index contributed by atoms with van der Waals surface area (Å²) in [6, 6.07) is 29.9. The molecule has 0 heterocycles. The fourth-order valence-electron chi connectivity index (χ4n) is 10.8. The minimum atomic E-state index is -2.72. The predicted octanol–water partition coefficient (Wildman–Crippen LogP) is 8.35. The molecule has 6 nitrogen and oxygen atoms in total. The van der Waals surface area contributed by atoms with E-state index in [0.717, 1.165) is 43.4 Å². The quantitative estimate of drug-likeness (QED) is 0.131. The van der Waals surface area contributed by atoms with Crippen LogP contribution < -0.4 is 15.1 Å². The van der Waals surface area contributed by atoms with Gasteiger partial charge in [0.25, 0.3) is 8.32 Å². The Bertz CT molecular complexity index is 1530. The monoisotopic (exact) mass is 712 g/mol. The molecule has 3 aliphatic rings. The zero-order valence-electron chi connectivity index (χ0n) is 32.0. The van der Waals surface area contributed by atoms with E-state index in [1.165, 1.54) is 10.4 Å². The lowest BCUT2D eigenvalue weighted by atomic mass is 9.42. The number of ketones is 1. The highest BCUT2D eigenvalue weighted by Crippen LogP contribution is 2.64. The average molecular weight is 713 g/mol. The SMILES string of the molecule is COCO[C@@H]1C[C@@H]2CC[C@@H](OCc3ccc(OC)cc3)C[C@H]2[C@]2(C)CC(=O)C[C@@](C)(CCO[Si](c3ccccc3)(c3ccccc3)C(C)(C)C)[C@@H]12. The second-order valence-electron chi connectivity index (χ2n) is 17.1. The molecule has 3 aromatic carbocycles. The van der Waals surface area contributed by atoms with Gasteiger partial charge in [0, 0.05) is 26.6 Å².